The summed E-state index contributed by atoms with van der Waals surface area (Å²) in [6.07, 6.45) is 0. The van der Waals surface area contributed by atoms with Crippen LogP contribution in [0.3, 0.4) is 0 Å². The maximum Gasteiger partial charge on any atom is 0.381 e. The second kappa shape index (κ2) is 4.87. The van der Waals surface area contributed by atoms with Crippen molar-refractivity contribution in [1.29, 1.82) is 0 Å². The van der Waals surface area contributed by atoms with E-state index in [0.717, 1.165) is 0 Å². The molecule has 0 amide bonds. The fourth-order valence-electron chi connectivity index (χ4n) is 0.864. The van der Waals surface area contributed by atoms with Crippen molar-refractivity contribution in [3.8, 4) is 11.8 Å². The number of carboxylic acids is 1. The van der Waals surface area contributed by atoms with Gasteiger partial charge in [0.15, 0.2) is 0 Å². The van der Waals surface area contributed by atoms with Crippen molar-refractivity contribution >= 4 is 11.7 Å². The van der Waals surface area contributed by atoms with Crippen molar-refractivity contribution in [2.24, 2.45) is 0 Å². The lowest BCUT2D eigenvalue weighted by Gasteiger charge is -2.01. The van der Waals surface area contributed by atoms with Crippen LogP contribution in [-0.2, 0) is 4.79 Å². The van der Waals surface area contributed by atoms with Crippen molar-refractivity contribution in [3.05, 3.63) is 30.1 Å². The number of hydrogen-bond donors (Lipinski definition) is 2. The third kappa shape index (κ3) is 3.15. The van der Waals surface area contributed by atoms with Crippen LogP contribution in [0.15, 0.2) is 24.3 Å². The highest BCUT2D eigenvalue weighted by atomic mass is 19.1. The van der Waals surface area contributed by atoms with Gasteiger partial charge < -0.3 is 10.4 Å². The Morgan fingerprint density at radius 3 is 2.86 bits per heavy atom. The first-order valence-electron chi connectivity index (χ1n) is 3.90. The second-order valence-corrected chi connectivity index (χ2v) is 2.44. The molecule has 0 unspecified atom stereocenters. The second-order valence-electron chi connectivity index (χ2n) is 2.44. The van der Waals surface area contributed by atoms with Gasteiger partial charge >= 0.3 is 5.97 Å². The molecule has 4 heteroatoms. The maximum atomic E-state index is 12.9. The molecule has 0 saturated carbocycles. The van der Waals surface area contributed by atoms with Crippen LogP contribution < -0.4 is 5.32 Å². The van der Waals surface area contributed by atoms with Gasteiger partial charge in [0, 0.05) is 5.92 Å². The number of anilines is 1. The molecule has 0 aromatic heterocycles. The van der Waals surface area contributed by atoms with E-state index in [9.17, 15) is 9.18 Å². The number of carboxylic acid groups (broad SMARTS) is 1. The Labute approximate surface area is 80.6 Å². The summed E-state index contributed by atoms with van der Waals surface area (Å²) in [6.45, 7) is 0.104. The molecule has 0 radical (unpaired) electrons. The molecule has 0 bridgehead atoms. The molecule has 1 rings (SSSR count). The number of halogens is 1. The van der Waals surface area contributed by atoms with E-state index in [1.807, 2.05) is 5.92 Å². The molecule has 0 saturated heterocycles. The number of aliphatic carboxylic acids is 1. The molecule has 2 N–H and O–H groups in total. The van der Waals surface area contributed by atoms with Gasteiger partial charge in [0.2, 0.25) is 0 Å². The van der Waals surface area contributed by atoms with E-state index in [1.165, 1.54) is 6.07 Å². The normalized spacial score (nSPS) is 8.64. The van der Waals surface area contributed by atoms with E-state index >= 15 is 0 Å². The van der Waals surface area contributed by atoms with E-state index in [2.05, 4.69) is 11.2 Å². The van der Waals surface area contributed by atoms with Crippen LogP contribution >= 0.6 is 0 Å². The SMILES string of the molecule is O=C(O)C#CCNc1ccccc1F. The van der Waals surface area contributed by atoms with Gasteiger partial charge in [0.05, 0.1) is 12.2 Å². The van der Waals surface area contributed by atoms with Gasteiger partial charge in [-0.25, -0.2) is 9.18 Å². The summed E-state index contributed by atoms with van der Waals surface area (Å²) in [5.74, 6) is 2.67. The van der Waals surface area contributed by atoms with Crippen molar-refractivity contribution in [1.82, 2.24) is 0 Å². The highest BCUT2D eigenvalue weighted by molar-refractivity contribution is 5.86. The summed E-state index contributed by atoms with van der Waals surface area (Å²) in [5.41, 5.74) is 0.312. The number of rotatable bonds is 2. The van der Waals surface area contributed by atoms with Crippen LogP contribution in [0.2, 0.25) is 0 Å². The zero-order valence-corrected chi connectivity index (χ0v) is 7.25. The number of benzene rings is 1. The molecule has 0 aliphatic heterocycles. The number of nitrogens with one attached hydrogen (secondary N) is 1. The molecule has 0 heterocycles. The van der Waals surface area contributed by atoms with Gasteiger partial charge in [-0.1, -0.05) is 18.1 Å². The summed E-state index contributed by atoms with van der Waals surface area (Å²) in [4.78, 5) is 10.0. The molecule has 3 nitrogen and oxygen atoms in total. The number of hydrogen-bond acceptors (Lipinski definition) is 2. The van der Waals surface area contributed by atoms with Crippen molar-refractivity contribution in [2.75, 3.05) is 11.9 Å². The summed E-state index contributed by atoms with van der Waals surface area (Å²) in [5, 5.41) is 10.8. The maximum absolute atomic E-state index is 12.9. The van der Waals surface area contributed by atoms with Gasteiger partial charge in [0.25, 0.3) is 0 Å². The molecule has 0 aliphatic carbocycles. The zero-order valence-electron chi connectivity index (χ0n) is 7.25. The molecule has 14 heavy (non-hydrogen) atoms. The molecular formula is C10H8FNO2. The average molecular weight is 193 g/mol. The third-order valence-corrected chi connectivity index (χ3v) is 1.44. The van der Waals surface area contributed by atoms with Gasteiger partial charge in [-0.15, -0.1) is 0 Å². The Hall–Kier alpha value is -2.02. The molecule has 1 aromatic rings. The summed E-state index contributed by atoms with van der Waals surface area (Å²) < 4.78 is 12.9. The van der Waals surface area contributed by atoms with Crippen LogP contribution in [0.1, 0.15) is 0 Å². The first-order chi connectivity index (χ1) is 6.70. The summed E-state index contributed by atoms with van der Waals surface area (Å²) in [7, 11) is 0. The van der Waals surface area contributed by atoms with Gasteiger partial charge in [0.1, 0.15) is 5.82 Å². The standard InChI is InChI=1S/C10H8FNO2/c11-8-4-1-2-5-9(8)12-7-3-6-10(13)14/h1-2,4-5,12H,7H2,(H,13,14). The fraction of sp³-hybridized carbons (Fsp3) is 0.100. The largest absolute Gasteiger partial charge is 0.472 e. The van der Waals surface area contributed by atoms with Crippen molar-refractivity contribution in [2.45, 2.75) is 0 Å². The molecule has 0 aliphatic rings. The fourth-order valence-corrected chi connectivity index (χ4v) is 0.864. The highest BCUT2D eigenvalue weighted by Gasteiger charge is 1.96. The van der Waals surface area contributed by atoms with Crippen molar-refractivity contribution in [3.63, 3.8) is 0 Å². The minimum absolute atomic E-state index is 0.104. The minimum atomic E-state index is -1.19. The van der Waals surface area contributed by atoms with E-state index in [0.29, 0.717) is 5.69 Å². The van der Waals surface area contributed by atoms with E-state index < -0.39 is 5.97 Å². The Bertz CT molecular complexity index is 393. The monoisotopic (exact) mass is 193 g/mol. The van der Waals surface area contributed by atoms with Gasteiger partial charge in [-0.3, -0.25) is 0 Å². The quantitative estimate of drug-likeness (QED) is 0.696. The lowest BCUT2D eigenvalue weighted by molar-refractivity contribution is -0.130. The first-order valence-corrected chi connectivity index (χ1v) is 3.90. The van der Waals surface area contributed by atoms with Gasteiger partial charge in [-0.05, 0) is 12.1 Å². The average Bonchev–Trinajstić information content (AvgIpc) is 2.15. The Morgan fingerprint density at radius 1 is 1.50 bits per heavy atom. The van der Waals surface area contributed by atoms with Crippen LogP contribution in [-0.4, -0.2) is 17.6 Å². The van der Waals surface area contributed by atoms with Crippen LogP contribution in [0.5, 0.6) is 0 Å². The van der Waals surface area contributed by atoms with Crippen LogP contribution in [0.25, 0.3) is 0 Å². The number of para-hydroxylation sites is 1. The first kappa shape index (κ1) is 10.1. The Kier molecular flexibility index (Phi) is 3.50. The Morgan fingerprint density at radius 2 is 2.21 bits per heavy atom. The predicted octanol–water partition coefficient (Wildman–Crippen LogP) is 1.33. The van der Waals surface area contributed by atoms with Crippen LogP contribution in [0, 0.1) is 17.7 Å². The molecular weight excluding hydrogens is 185 g/mol. The molecule has 0 spiro atoms. The van der Waals surface area contributed by atoms with E-state index in [1.54, 1.807) is 18.2 Å². The lowest BCUT2D eigenvalue weighted by Crippen LogP contribution is -2.01. The van der Waals surface area contributed by atoms with Crippen molar-refractivity contribution < 1.29 is 14.3 Å². The lowest BCUT2D eigenvalue weighted by atomic mass is 10.3. The summed E-state index contributed by atoms with van der Waals surface area (Å²) in [6, 6.07) is 6.12. The third-order valence-electron chi connectivity index (χ3n) is 1.44. The van der Waals surface area contributed by atoms with Gasteiger partial charge in [-0.2, -0.15) is 0 Å². The molecule has 0 fully saturated rings. The van der Waals surface area contributed by atoms with E-state index in [-0.39, 0.29) is 12.4 Å². The highest BCUT2D eigenvalue weighted by Crippen LogP contribution is 2.11. The number of carbonyl (C=O) groups is 1. The molecule has 1 aromatic carbocycles. The summed E-state index contributed by atoms with van der Waals surface area (Å²) >= 11 is 0. The zero-order chi connectivity index (χ0) is 10.4. The Balaban J connectivity index is 2.52. The van der Waals surface area contributed by atoms with Crippen LogP contribution in [0.4, 0.5) is 10.1 Å². The molecule has 0 atom stereocenters. The minimum Gasteiger partial charge on any atom is -0.472 e. The molecule has 72 valence electrons. The topological polar surface area (TPSA) is 49.3 Å². The smallest absolute Gasteiger partial charge is 0.381 e. The predicted molar refractivity (Wildman–Crippen MR) is 50.3 cm³/mol. The van der Waals surface area contributed by atoms with E-state index in [4.69, 9.17) is 5.11 Å².